The molecule has 0 radical (unpaired) electrons. The molecular formula is C26H30ClFN8O2. The topological polar surface area (TPSA) is 119 Å². The maximum Gasteiger partial charge on any atom is 0.439 e. The van der Waals surface area contributed by atoms with Gasteiger partial charge in [0, 0.05) is 30.5 Å². The zero-order valence-corrected chi connectivity index (χ0v) is 22.2. The van der Waals surface area contributed by atoms with Crippen molar-refractivity contribution in [2.75, 3.05) is 18.1 Å². The second kappa shape index (κ2) is 10.1. The minimum atomic E-state index is -0.705. The van der Waals surface area contributed by atoms with E-state index < -0.39 is 12.4 Å². The van der Waals surface area contributed by atoms with Crippen LogP contribution in [0.2, 0.25) is 5.02 Å². The third-order valence-corrected chi connectivity index (χ3v) is 8.33. The molecule has 1 saturated carbocycles. The van der Waals surface area contributed by atoms with Crippen LogP contribution in [0, 0.1) is 11.8 Å². The van der Waals surface area contributed by atoms with Crippen LogP contribution in [0.1, 0.15) is 58.4 Å². The Balaban J connectivity index is 1.61. The molecule has 0 amide bonds. The standard InChI is InChI=1S/C26H30ClFN8O2/c1-14-5-7-16(8-6-14)15(2)36-21-20(17-10-18(27)13-29-12-17)30-23(24-33-26(37)38-34-24)31-22(21)32-25(36)35-9-3-4-19(35)11-28/h10,12-16,19H,3-9,11H2,1-2H3,(H,33,34,37)/t14?,15?,16?,19-/m0/s1. The van der Waals surface area contributed by atoms with Gasteiger partial charge in [-0.3, -0.25) is 14.5 Å². The first-order valence-electron chi connectivity index (χ1n) is 13.2. The first-order chi connectivity index (χ1) is 18.4. The van der Waals surface area contributed by atoms with Gasteiger partial charge in [-0.15, -0.1) is 0 Å². The Bertz CT molecular complexity index is 1510. The van der Waals surface area contributed by atoms with Crippen molar-refractivity contribution in [3.8, 4) is 22.9 Å². The number of rotatable bonds is 6. The number of fused-ring (bicyclic) bond motifs is 1. The van der Waals surface area contributed by atoms with E-state index in [1.807, 2.05) is 0 Å². The molecule has 12 heteroatoms. The normalized spacial score (nSPS) is 22.8. The number of hydrogen-bond acceptors (Lipinski definition) is 8. The summed E-state index contributed by atoms with van der Waals surface area (Å²) < 4.78 is 21.0. The summed E-state index contributed by atoms with van der Waals surface area (Å²) >= 11 is 6.34. The number of imidazole rings is 1. The van der Waals surface area contributed by atoms with Crippen LogP contribution in [0.3, 0.4) is 0 Å². The molecule has 5 heterocycles. The van der Waals surface area contributed by atoms with Crippen molar-refractivity contribution in [2.24, 2.45) is 11.8 Å². The van der Waals surface area contributed by atoms with Crippen LogP contribution in [0.4, 0.5) is 10.3 Å². The van der Waals surface area contributed by atoms with Gasteiger partial charge in [-0.25, -0.2) is 19.2 Å². The highest BCUT2D eigenvalue weighted by molar-refractivity contribution is 6.30. The van der Waals surface area contributed by atoms with Gasteiger partial charge in [-0.05, 0) is 50.5 Å². The fourth-order valence-electron chi connectivity index (χ4n) is 5.99. The fourth-order valence-corrected chi connectivity index (χ4v) is 6.17. The number of alkyl halides is 1. The van der Waals surface area contributed by atoms with Gasteiger partial charge in [0.15, 0.2) is 5.65 Å². The molecule has 6 rings (SSSR count). The smallest absolute Gasteiger partial charge is 0.337 e. The highest BCUT2D eigenvalue weighted by atomic mass is 35.5. The van der Waals surface area contributed by atoms with Crippen molar-refractivity contribution in [2.45, 2.75) is 64.5 Å². The summed E-state index contributed by atoms with van der Waals surface area (Å²) in [5.41, 5.74) is 2.41. The van der Waals surface area contributed by atoms with E-state index in [0.29, 0.717) is 33.8 Å². The second-order valence-corrected chi connectivity index (χ2v) is 11.0. The number of hydrogen-bond donors (Lipinski definition) is 1. The number of aromatic amines is 1. The largest absolute Gasteiger partial charge is 0.439 e. The molecule has 4 aromatic rings. The van der Waals surface area contributed by atoms with Crippen LogP contribution < -0.4 is 10.7 Å². The number of nitrogens with one attached hydrogen (secondary N) is 1. The fraction of sp³-hybridized carbons (Fsp3) is 0.538. The molecule has 2 atom stereocenters. The van der Waals surface area contributed by atoms with Crippen molar-refractivity contribution in [1.82, 2.24) is 34.6 Å². The Hall–Kier alpha value is -3.34. The van der Waals surface area contributed by atoms with E-state index in [1.54, 1.807) is 18.5 Å². The van der Waals surface area contributed by atoms with Crippen LogP contribution in [0.5, 0.6) is 0 Å². The Morgan fingerprint density at radius 2 is 2.00 bits per heavy atom. The van der Waals surface area contributed by atoms with E-state index in [1.165, 1.54) is 12.8 Å². The number of nitrogens with zero attached hydrogens (tertiary/aromatic N) is 7. The van der Waals surface area contributed by atoms with E-state index in [9.17, 15) is 9.18 Å². The highest BCUT2D eigenvalue weighted by Gasteiger charge is 2.35. The molecule has 0 aromatic carbocycles. The van der Waals surface area contributed by atoms with Crippen LogP contribution in [0.15, 0.2) is 27.8 Å². The summed E-state index contributed by atoms with van der Waals surface area (Å²) in [6.07, 6.45) is 9.50. The predicted molar refractivity (Wildman–Crippen MR) is 142 cm³/mol. The van der Waals surface area contributed by atoms with Crippen LogP contribution >= 0.6 is 11.6 Å². The maximum atomic E-state index is 14.1. The quantitative estimate of drug-likeness (QED) is 0.354. The number of halogens is 2. The summed E-state index contributed by atoms with van der Waals surface area (Å²) in [6.45, 7) is 4.80. The molecule has 2 aliphatic rings. The lowest BCUT2D eigenvalue weighted by Crippen LogP contribution is -2.34. The average molecular weight is 541 g/mol. The van der Waals surface area contributed by atoms with Gasteiger partial charge in [0.25, 0.3) is 0 Å². The monoisotopic (exact) mass is 540 g/mol. The molecule has 0 bridgehead atoms. The lowest BCUT2D eigenvalue weighted by Gasteiger charge is -2.34. The minimum Gasteiger partial charge on any atom is -0.337 e. The summed E-state index contributed by atoms with van der Waals surface area (Å²) in [6, 6.07) is 1.63. The Morgan fingerprint density at radius 3 is 2.71 bits per heavy atom. The SMILES string of the molecule is CC1CCC(C(C)n2c(N3CCC[C@H]3CF)nc3nc(-c4noc(=O)[nH]4)nc(-c4cncc(Cl)c4)c32)CC1. The van der Waals surface area contributed by atoms with E-state index in [0.717, 1.165) is 43.7 Å². The van der Waals surface area contributed by atoms with Crippen molar-refractivity contribution >= 4 is 28.7 Å². The zero-order valence-electron chi connectivity index (χ0n) is 21.4. The van der Waals surface area contributed by atoms with Crippen molar-refractivity contribution in [3.63, 3.8) is 0 Å². The molecule has 200 valence electrons. The number of pyridine rings is 1. The maximum absolute atomic E-state index is 14.1. The van der Waals surface area contributed by atoms with Crippen LogP contribution in [-0.2, 0) is 0 Å². The third-order valence-electron chi connectivity index (χ3n) is 8.12. The van der Waals surface area contributed by atoms with Crippen molar-refractivity contribution < 1.29 is 8.91 Å². The van der Waals surface area contributed by atoms with E-state index >= 15 is 0 Å². The van der Waals surface area contributed by atoms with Gasteiger partial charge in [0.05, 0.1) is 11.1 Å². The van der Waals surface area contributed by atoms with Gasteiger partial charge in [0.1, 0.15) is 17.9 Å². The first-order valence-corrected chi connectivity index (χ1v) is 13.6. The molecular weight excluding hydrogens is 511 g/mol. The lowest BCUT2D eigenvalue weighted by atomic mass is 9.79. The van der Waals surface area contributed by atoms with Gasteiger partial charge in [-0.1, -0.05) is 36.5 Å². The average Bonchev–Trinajstić information content (AvgIpc) is 3.65. The number of aromatic nitrogens is 7. The second-order valence-electron chi connectivity index (χ2n) is 10.6. The van der Waals surface area contributed by atoms with E-state index in [-0.39, 0.29) is 23.7 Å². The van der Waals surface area contributed by atoms with Crippen molar-refractivity contribution in [3.05, 3.63) is 34.0 Å². The van der Waals surface area contributed by atoms with Crippen LogP contribution in [-0.4, -0.2) is 53.9 Å². The molecule has 4 aromatic heterocycles. The zero-order chi connectivity index (χ0) is 26.4. The van der Waals surface area contributed by atoms with Gasteiger partial charge < -0.3 is 9.47 Å². The Labute approximate surface area is 223 Å². The molecule has 1 aliphatic heterocycles. The molecule has 10 nitrogen and oxygen atoms in total. The van der Waals surface area contributed by atoms with E-state index in [4.69, 9.17) is 31.1 Å². The van der Waals surface area contributed by atoms with E-state index in [2.05, 4.69) is 38.4 Å². The molecule has 2 fully saturated rings. The molecule has 38 heavy (non-hydrogen) atoms. The molecule has 1 saturated heterocycles. The minimum absolute atomic E-state index is 0.0792. The predicted octanol–water partition coefficient (Wildman–Crippen LogP) is 5.21. The lowest BCUT2D eigenvalue weighted by molar-refractivity contribution is 0.227. The van der Waals surface area contributed by atoms with Crippen LogP contribution in [0.25, 0.3) is 34.1 Å². The number of H-pyrrole nitrogens is 1. The third kappa shape index (κ3) is 4.46. The summed E-state index contributed by atoms with van der Waals surface area (Å²) in [7, 11) is 0. The Kier molecular flexibility index (Phi) is 6.63. The molecule has 1 aliphatic carbocycles. The molecule has 0 spiro atoms. The molecule has 1 N–H and O–H groups in total. The Morgan fingerprint density at radius 1 is 1.18 bits per heavy atom. The highest BCUT2D eigenvalue weighted by Crippen LogP contribution is 2.42. The van der Waals surface area contributed by atoms with Crippen molar-refractivity contribution in [1.29, 1.82) is 0 Å². The molecule has 1 unspecified atom stereocenters. The van der Waals surface area contributed by atoms with Gasteiger partial charge >= 0.3 is 5.76 Å². The van der Waals surface area contributed by atoms with Gasteiger partial charge in [0.2, 0.25) is 17.6 Å². The summed E-state index contributed by atoms with van der Waals surface area (Å²) in [5.74, 6) is 1.41. The van der Waals surface area contributed by atoms with Gasteiger partial charge in [-0.2, -0.15) is 4.98 Å². The number of anilines is 1. The summed E-state index contributed by atoms with van der Waals surface area (Å²) in [4.78, 5) is 35.1. The summed E-state index contributed by atoms with van der Waals surface area (Å²) in [5, 5.41) is 4.25. The first kappa shape index (κ1) is 25.0.